The predicted octanol–water partition coefficient (Wildman–Crippen LogP) is 4.54. The molecule has 102 valence electrons. The van der Waals surface area contributed by atoms with Crippen LogP contribution in [-0.4, -0.2) is 11.2 Å². The van der Waals surface area contributed by atoms with Gasteiger partial charge in [0, 0.05) is 5.41 Å². The minimum atomic E-state index is -0.255. The molecule has 18 heavy (non-hydrogen) atoms. The van der Waals surface area contributed by atoms with Gasteiger partial charge in [0.25, 0.3) is 0 Å². The molecule has 2 unspecified atom stereocenters. The zero-order valence-corrected chi connectivity index (χ0v) is 12.3. The molecule has 0 fully saturated rings. The Hall–Kier alpha value is -0.820. The van der Waals surface area contributed by atoms with Crippen LogP contribution in [0.15, 0.2) is 30.3 Å². The van der Waals surface area contributed by atoms with Gasteiger partial charge in [-0.15, -0.1) is 0 Å². The van der Waals surface area contributed by atoms with Crippen molar-refractivity contribution in [2.75, 3.05) is 0 Å². The first kappa shape index (κ1) is 15.2. The van der Waals surface area contributed by atoms with Gasteiger partial charge < -0.3 is 5.11 Å². The average Bonchev–Trinajstić information content (AvgIpc) is 2.42. The molecule has 1 heteroatoms. The lowest BCUT2D eigenvalue weighted by Crippen LogP contribution is -2.42. The summed E-state index contributed by atoms with van der Waals surface area (Å²) in [6.07, 6.45) is 3.95. The van der Waals surface area contributed by atoms with Gasteiger partial charge in [0.1, 0.15) is 0 Å². The van der Waals surface area contributed by atoms with E-state index in [9.17, 15) is 5.11 Å². The van der Waals surface area contributed by atoms with E-state index in [-0.39, 0.29) is 11.5 Å². The molecular weight excluding hydrogens is 220 g/mol. The summed E-state index contributed by atoms with van der Waals surface area (Å²) >= 11 is 0. The van der Waals surface area contributed by atoms with Crippen LogP contribution in [-0.2, 0) is 5.41 Å². The minimum absolute atomic E-state index is 0.0875. The second-order valence-electron chi connectivity index (χ2n) is 5.44. The molecule has 0 radical (unpaired) electrons. The molecule has 0 aliphatic heterocycles. The van der Waals surface area contributed by atoms with Crippen molar-refractivity contribution in [1.82, 2.24) is 0 Å². The number of hydrogen-bond donors (Lipinski definition) is 1. The van der Waals surface area contributed by atoms with Gasteiger partial charge >= 0.3 is 0 Å². The lowest BCUT2D eigenvalue weighted by molar-refractivity contribution is 0.0248. The maximum Gasteiger partial charge on any atom is 0.0662 e. The van der Waals surface area contributed by atoms with Crippen LogP contribution in [0, 0.1) is 5.92 Å². The van der Waals surface area contributed by atoms with Gasteiger partial charge in [0.2, 0.25) is 0 Å². The zero-order valence-electron chi connectivity index (χ0n) is 12.3. The van der Waals surface area contributed by atoms with Crippen molar-refractivity contribution >= 4 is 0 Å². The van der Waals surface area contributed by atoms with E-state index in [2.05, 4.69) is 52.0 Å². The first-order chi connectivity index (χ1) is 8.62. The van der Waals surface area contributed by atoms with Crippen molar-refractivity contribution in [1.29, 1.82) is 0 Å². The molecule has 1 nitrogen and oxygen atoms in total. The third kappa shape index (κ3) is 2.95. The molecule has 0 saturated carbocycles. The topological polar surface area (TPSA) is 20.2 Å². The van der Waals surface area contributed by atoms with E-state index < -0.39 is 0 Å². The lowest BCUT2D eigenvalue weighted by Gasteiger charge is -2.40. The van der Waals surface area contributed by atoms with Crippen LogP contribution in [0.1, 0.15) is 58.9 Å². The molecule has 1 N–H and O–H groups in total. The number of aliphatic hydroxyl groups excluding tert-OH is 1. The Labute approximate surface area is 112 Å². The van der Waals surface area contributed by atoms with Gasteiger partial charge in [-0.3, -0.25) is 0 Å². The van der Waals surface area contributed by atoms with Crippen LogP contribution >= 0.6 is 0 Å². The molecule has 0 aromatic heterocycles. The molecule has 1 aromatic carbocycles. The van der Waals surface area contributed by atoms with E-state index in [1.54, 1.807) is 0 Å². The van der Waals surface area contributed by atoms with Gasteiger partial charge in [-0.05, 0) is 30.7 Å². The van der Waals surface area contributed by atoms with Crippen molar-refractivity contribution < 1.29 is 5.11 Å². The fraction of sp³-hybridized carbons (Fsp3) is 0.647. The zero-order chi connectivity index (χ0) is 13.6. The van der Waals surface area contributed by atoms with Crippen LogP contribution in [0.5, 0.6) is 0 Å². The summed E-state index contributed by atoms with van der Waals surface area (Å²) in [5, 5.41) is 10.8. The van der Waals surface area contributed by atoms with E-state index in [0.29, 0.717) is 5.92 Å². The van der Waals surface area contributed by atoms with E-state index in [1.165, 1.54) is 5.56 Å². The summed E-state index contributed by atoms with van der Waals surface area (Å²) in [7, 11) is 0. The van der Waals surface area contributed by atoms with Crippen molar-refractivity contribution in [2.24, 2.45) is 5.92 Å². The number of rotatable bonds is 7. The first-order valence-corrected chi connectivity index (χ1v) is 7.35. The summed E-state index contributed by atoms with van der Waals surface area (Å²) in [5.74, 6) is 0.357. The van der Waals surface area contributed by atoms with E-state index in [0.717, 1.165) is 25.7 Å². The van der Waals surface area contributed by atoms with Gasteiger partial charge in [-0.25, -0.2) is 0 Å². The molecule has 0 amide bonds. The third-order valence-corrected chi connectivity index (χ3v) is 4.46. The van der Waals surface area contributed by atoms with Crippen molar-refractivity contribution in [3.8, 4) is 0 Å². The standard InChI is InChI=1S/C17H28O/c1-5-11-14(4)16(18)17(6-2,7-3)15-12-9-8-10-13-15/h8-10,12-14,16,18H,5-7,11H2,1-4H3. The normalized spacial score (nSPS) is 15.4. The van der Waals surface area contributed by atoms with Crippen LogP contribution in [0.3, 0.4) is 0 Å². The molecule has 1 rings (SSSR count). The van der Waals surface area contributed by atoms with Crippen LogP contribution in [0.4, 0.5) is 0 Å². The van der Waals surface area contributed by atoms with Gasteiger partial charge in [0.05, 0.1) is 6.10 Å². The fourth-order valence-electron chi connectivity index (χ4n) is 3.18. The summed E-state index contributed by atoms with van der Waals surface area (Å²) in [4.78, 5) is 0. The highest BCUT2D eigenvalue weighted by molar-refractivity contribution is 5.27. The molecule has 1 aromatic rings. The molecule has 0 aliphatic rings. The predicted molar refractivity (Wildman–Crippen MR) is 78.8 cm³/mol. The lowest BCUT2D eigenvalue weighted by atomic mass is 9.67. The van der Waals surface area contributed by atoms with Crippen molar-refractivity contribution in [3.63, 3.8) is 0 Å². The minimum Gasteiger partial charge on any atom is -0.392 e. The van der Waals surface area contributed by atoms with Crippen molar-refractivity contribution in [2.45, 2.75) is 64.9 Å². The molecule has 0 heterocycles. The van der Waals surface area contributed by atoms with Gasteiger partial charge in [-0.2, -0.15) is 0 Å². The Morgan fingerprint density at radius 2 is 1.61 bits per heavy atom. The molecule has 0 bridgehead atoms. The molecule has 0 aliphatic carbocycles. The summed E-state index contributed by atoms with van der Waals surface area (Å²) in [6.45, 7) is 8.75. The summed E-state index contributed by atoms with van der Waals surface area (Å²) in [5.41, 5.74) is 1.20. The monoisotopic (exact) mass is 248 g/mol. The Bertz CT molecular complexity index is 327. The highest BCUT2D eigenvalue weighted by Crippen LogP contribution is 2.39. The molecule has 2 atom stereocenters. The highest BCUT2D eigenvalue weighted by Gasteiger charge is 2.38. The number of aliphatic hydroxyl groups is 1. The van der Waals surface area contributed by atoms with Crippen LogP contribution < -0.4 is 0 Å². The van der Waals surface area contributed by atoms with E-state index >= 15 is 0 Å². The van der Waals surface area contributed by atoms with Gasteiger partial charge in [-0.1, -0.05) is 64.4 Å². The van der Waals surface area contributed by atoms with Crippen LogP contribution in [0.2, 0.25) is 0 Å². The molecule has 0 spiro atoms. The summed E-state index contributed by atoms with van der Waals surface area (Å²) in [6, 6.07) is 10.5. The first-order valence-electron chi connectivity index (χ1n) is 7.35. The Morgan fingerprint density at radius 1 is 1.06 bits per heavy atom. The second kappa shape index (κ2) is 6.94. The SMILES string of the molecule is CCCC(C)C(O)C(CC)(CC)c1ccccc1. The number of hydrogen-bond acceptors (Lipinski definition) is 1. The summed E-state index contributed by atoms with van der Waals surface area (Å²) < 4.78 is 0. The molecular formula is C17H28O. The maximum atomic E-state index is 10.8. The highest BCUT2D eigenvalue weighted by atomic mass is 16.3. The largest absolute Gasteiger partial charge is 0.392 e. The van der Waals surface area contributed by atoms with Crippen LogP contribution in [0.25, 0.3) is 0 Å². The Balaban J connectivity index is 3.07. The maximum absolute atomic E-state index is 10.8. The van der Waals surface area contributed by atoms with E-state index in [4.69, 9.17) is 0 Å². The average molecular weight is 248 g/mol. The Kier molecular flexibility index (Phi) is 5.87. The quantitative estimate of drug-likeness (QED) is 0.751. The third-order valence-electron chi connectivity index (χ3n) is 4.46. The smallest absolute Gasteiger partial charge is 0.0662 e. The van der Waals surface area contributed by atoms with E-state index in [1.807, 2.05) is 6.07 Å². The van der Waals surface area contributed by atoms with Crippen molar-refractivity contribution in [3.05, 3.63) is 35.9 Å². The fourth-order valence-corrected chi connectivity index (χ4v) is 3.18. The Morgan fingerprint density at radius 3 is 2.06 bits per heavy atom. The number of benzene rings is 1. The van der Waals surface area contributed by atoms with Gasteiger partial charge in [0.15, 0.2) is 0 Å². The second-order valence-corrected chi connectivity index (χ2v) is 5.44. The molecule has 0 saturated heterocycles.